The molecule has 0 aliphatic rings. The van der Waals surface area contributed by atoms with Crippen LogP contribution < -0.4 is 11.1 Å². The number of nitrogens with two attached hydrogens (primary N) is 1. The lowest BCUT2D eigenvalue weighted by molar-refractivity contribution is -0.120. The normalized spacial score (nSPS) is 11.7. The highest BCUT2D eigenvalue weighted by Crippen LogP contribution is 2.18. The van der Waals surface area contributed by atoms with Gasteiger partial charge in [0, 0.05) is 23.8 Å². The molecule has 0 fully saturated rings. The van der Waals surface area contributed by atoms with E-state index >= 15 is 0 Å². The Morgan fingerprint density at radius 2 is 1.96 bits per heavy atom. The van der Waals surface area contributed by atoms with Gasteiger partial charge in [0.05, 0.1) is 17.8 Å². The molecule has 23 heavy (non-hydrogen) atoms. The van der Waals surface area contributed by atoms with Crippen LogP contribution >= 0.6 is 12.4 Å². The first-order valence-corrected chi connectivity index (χ1v) is 7.62. The highest BCUT2D eigenvalue weighted by Gasteiger charge is 2.15. The minimum absolute atomic E-state index is 0. The van der Waals surface area contributed by atoms with Crippen molar-refractivity contribution in [2.75, 3.05) is 6.54 Å². The van der Waals surface area contributed by atoms with Crippen molar-refractivity contribution in [2.24, 2.45) is 5.73 Å². The standard InChI is InChI=1S/C17H24N4O.ClH/c1-12(18)9-10-19-17(22)11-16-13(2)20-21(14(16)3)15-7-5-4-6-8-15;/h4-8,12H,9-11,18H2,1-3H3,(H,19,22);1H. The van der Waals surface area contributed by atoms with Gasteiger partial charge in [0.2, 0.25) is 5.91 Å². The number of nitrogens with zero attached hydrogens (tertiary/aromatic N) is 2. The van der Waals surface area contributed by atoms with Crippen LogP contribution in [-0.4, -0.2) is 28.3 Å². The summed E-state index contributed by atoms with van der Waals surface area (Å²) in [4.78, 5) is 12.1. The van der Waals surface area contributed by atoms with Crippen LogP contribution in [-0.2, 0) is 11.2 Å². The van der Waals surface area contributed by atoms with Gasteiger partial charge >= 0.3 is 0 Å². The molecule has 0 radical (unpaired) electrons. The lowest BCUT2D eigenvalue weighted by Crippen LogP contribution is -2.30. The Balaban J connectivity index is 0.00000264. The summed E-state index contributed by atoms with van der Waals surface area (Å²) in [5.41, 5.74) is 9.57. The molecular formula is C17H25ClN4O. The second-order valence-corrected chi connectivity index (χ2v) is 5.69. The molecular weight excluding hydrogens is 312 g/mol. The van der Waals surface area contributed by atoms with Gasteiger partial charge in [0.25, 0.3) is 0 Å². The van der Waals surface area contributed by atoms with E-state index in [4.69, 9.17) is 5.73 Å². The molecule has 1 heterocycles. The Labute approximate surface area is 143 Å². The molecule has 0 saturated carbocycles. The largest absolute Gasteiger partial charge is 0.356 e. The van der Waals surface area contributed by atoms with Crippen LogP contribution in [0.15, 0.2) is 30.3 Å². The smallest absolute Gasteiger partial charge is 0.224 e. The van der Waals surface area contributed by atoms with E-state index in [-0.39, 0.29) is 24.4 Å². The van der Waals surface area contributed by atoms with Gasteiger partial charge in [0.1, 0.15) is 0 Å². The van der Waals surface area contributed by atoms with E-state index in [1.165, 1.54) is 0 Å². The number of aryl methyl sites for hydroxylation is 1. The summed E-state index contributed by atoms with van der Waals surface area (Å²) in [5.74, 6) is 0.0134. The predicted octanol–water partition coefficient (Wildman–Crippen LogP) is 2.31. The summed E-state index contributed by atoms with van der Waals surface area (Å²) in [6.07, 6.45) is 1.14. The Morgan fingerprint density at radius 1 is 1.30 bits per heavy atom. The highest BCUT2D eigenvalue weighted by molar-refractivity contribution is 5.85. The van der Waals surface area contributed by atoms with E-state index in [0.29, 0.717) is 13.0 Å². The lowest BCUT2D eigenvalue weighted by Gasteiger charge is -2.08. The maximum Gasteiger partial charge on any atom is 0.224 e. The van der Waals surface area contributed by atoms with Crippen LogP contribution in [0.4, 0.5) is 0 Å². The molecule has 2 rings (SSSR count). The summed E-state index contributed by atoms with van der Waals surface area (Å²) < 4.78 is 1.89. The third-order valence-electron chi connectivity index (χ3n) is 3.70. The van der Waals surface area contributed by atoms with Crippen LogP contribution in [0.1, 0.15) is 30.3 Å². The summed E-state index contributed by atoms with van der Waals surface area (Å²) >= 11 is 0. The second kappa shape index (κ2) is 8.70. The summed E-state index contributed by atoms with van der Waals surface area (Å²) in [5, 5.41) is 7.47. The third kappa shape index (κ3) is 5.08. The number of para-hydroxylation sites is 1. The topological polar surface area (TPSA) is 72.9 Å². The maximum atomic E-state index is 12.1. The fourth-order valence-corrected chi connectivity index (χ4v) is 2.41. The van der Waals surface area contributed by atoms with Crippen LogP contribution in [0.3, 0.4) is 0 Å². The molecule has 0 aliphatic carbocycles. The second-order valence-electron chi connectivity index (χ2n) is 5.69. The van der Waals surface area contributed by atoms with Gasteiger partial charge in [-0.15, -0.1) is 12.4 Å². The minimum Gasteiger partial charge on any atom is -0.356 e. The van der Waals surface area contributed by atoms with Crippen LogP contribution in [0.5, 0.6) is 0 Å². The minimum atomic E-state index is 0. The van der Waals surface area contributed by atoms with Crippen molar-refractivity contribution >= 4 is 18.3 Å². The zero-order valence-electron chi connectivity index (χ0n) is 13.9. The zero-order chi connectivity index (χ0) is 16.1. The van der Waals surface area contributed by atoms with Gasteiger partial charge in [-0.1, -0.05) is 18.2 Å². The predicted molar refractivity (Wildman–Crippen MR) is 95.3 cm³/mol. The van der Waals surface area contributed by atoms with E-state index in [1.807, 2.05) is 55.8 Å². The molecule has 126 valence electrons. The molecule has 1 aromatic heterocycles. The number of amides is 1. The summed E-state index contributed by atoms with van der Waals surface area (Å²) in [6.45, 7) is 6.49. The SMILES string of the molecule is Cc1nn(-c2ccccc2)c(C)c1CC(=O)NCCC(C)N.Cl. The Morgan fingerprint density at radius 3 is 2.57 bits per heavy atom. The Hall–Kier alpha value is -1.85. The van der Waals surface area contributed by atoms with E-state index in [1.54, 1.807) is 0 Å². The number of aromatic nitrogens is 2. The molecule has 0 aliphatic heterocycles. The van der Waals surface area contributed by atoms with E-state index < -0.39 is 0 Å². The molecule has 1 unspecified atom stereocenters. The molecule has 0 saturated heterocycles. The molecule has 6 heteroatoms. The van der Waals surface area contributed by atoms with Gasteiger partial charge in [-0.05, 0) is 39.3 Å². The number of hydrogen-bond donors (Lipinski definition) is 2. The average molecular weight is 337 g/mol. The zero-order valence-corrected chi connectivity index (χ0v) is 14.7. The highest BCUT2D eigenvalue weighted by atomic mass is 35.5. The van der Waals surface area contributed by atoms with Crippen LogP contribution in [0, 0.1) is 13.8 Å². The van der Waals surface area contributed by atoms with Crippen molar-refractivity contribution < 1.29 is 4.79 Å². The Bertz CT molecular complexity index is 638. The number of rotatable bonds is 6. The molecule has 0 bridgehead atoms. The van der Waals surface area contributed by atoms with Crippen molar-refractivity contribution in [3.8, 4) is 5.69 Å². The molecule has 1 aromatic carbocycles. The first kappa shape index (κ1) is 19.2. The monoisotopic (exact) mass is 336 g/mol. The van der Waals surface area contributed by atoms with Crippen LogP contribution in [0.2, 0.25) is 0 Å². The number of carbonyl (C=O) groups is 1. The molecule has 2 aromatic rings. The molecule has 0 spiro atoms. The lowest BCUT2D eigenvalue weighted by atomic mass is 10.1. The van der Waals surface area contributed by atoms with Gasteiger partial charge in [0.15, 0.2) is 0 Å². The fourth-order valence-electron chi connectivity index (χ4n) is 2.41. The van der Waals surface area contributed by atoms with E-state index in [9.17, 15) is 4.79 Å². The van der Waals surface area contributed by atoms with Gasteiger partial charge in [-0.25, -0.2) is 4.68 Å². The van der Waals surface area contributed by atoms with Crippen LogP contribution in [0.25, 0.3) is 5.69 Å². The number of halogens is 1. The van der Waals surface area contributed by atoms with E-state index in [0.717, 1.165) is 29.1 Å². The summed E-state index contributed by atoms with van der Waals surface area (Å²) in [7, 11) is 0. The Kier molecular flexibility index (Phi) is 7.26. The first-order chi connectivity index (χ1) is 10.5. The maximum absolute atomic E-state index is 12.1. The van der Waals surface area contributed by atoms with Crippen molar-refractivity contribution in [1.29, 1.82) is 0 Å². The number of carbonyl (C=O) groups excluding carboxylic acids is 1. The van der Waals surface area contributed by atoms with Gasteiger partial charge < -0.3 is 11.1 Å². The van der Waals surface area contributed by atoms with Crippen molar-refractivity contribution in [1.82, 2.24) is 15.1 Å². The summed E-state index contributed by atoms with van der Waals surface area (Å²) in [6, 6.07) is 10.0. The van der Waals surface area contributed by atoms with E-state index in [2.05, 4.69) is 10.4 Å². The number of nitrogens with one attached hydrogen (secondary N) is 1. The molecule has 5 nitrogen and oxygen atoms in total. The first-order valence-electron chi connectivity index (χ1n) is 7.62. The average Bonchev–Trinajstić information content (AvgIpc) is 2.76. The van der Waals surface area contributed by atoms with Crippen molar-refractivity contribution in [3.05, 3.63) is 47.3 Å². The quantitative estimate of drug-likeness (QED) is 0.850. The third-order valence-corrected chi connectivity index (χ3v) is 3.70. The van der Waals surface area contributed by atoms with Gasteiger partial charge in [-0.2, -0.15) is 5.10 Å². The number of hydrogen-bond acceptors (Lipinski definition) is 3. The number of benzene rings is 1. The molecule has 3 N–H and O–H groups in total. The van der Waals surface area contributed by atoms with Crippen molar-refractivity contribution in [3.63, 3.8) is 0 Å². The molecule has 1 atom stereocenters. The van der Waals surface area contributed by atoms with Gasteiger partial charge in [-0.3, -0.25) is 4.79 Å². The molecule has 1 amide bonds. The fraction of sp³-hybridized carbons (Fsp3) is 0.412. The van der Waals surface area contributed by atoms with Crippen molar-refractivity contribution in [2.45, 2.75) is 39.7 Å².